The summed E-state index contributed by atoms with van der Waals surface area (Å²) in [6, 6.07) is 8.03. The highest BCUT2D eigenvalue weighted by atomic mass is 35.5. The second-order valence-electron chi connectivity index (χ2n) is 9.32. The van der Waals surface area contributed by atoms with Gasteiger partial charge >= 0.3 is 5.97 Å². The van der Waals surface area contributed by atoms with Crippen LogP contribution in [0.2, 0.25) is 5.02 Å². The van der Waals surface area contributed by atoms with Crippen molar-refractivity contribution in [1.82, 2.24) is 14.9 Å². The zero-order chi connectivity index (χ0) is 26.4. The molecule has 3 aromatic rings. The van der Waals surface area contributed by atoms with Gasteiger partial charge in [0.15, 0.2) is 0 Å². The molecule has 0 bridgehead atoms. The van der Waals surface area contributed by atoms with Crippen molar-refractivity contribution < 1.29 is 23.4 Å². The summed E-state index contributed by atoms with van der Waals surface area (Å²) in [4.78, 5) is 22.3. The van der Waals surface area contributed by atoms with E-state index in [0.29, 0.717) is 40.2 Å². The second kappa shape index (κ2) is 12.8. The maximum atomic E-state index is 15.6. The summed E-state index contributed by atoms with van der Waals surface area (Å²) in [6.45, 7) is 2.20. The summed E-state index contributed by atoms with van der Waals surface area (Å²) in [7, 11) is 1.55. The number of carboxylic acids is 1. The Balaban J connectivity index is 1.37. The normalized spacial score (nSPS) is 19.1. The molecule has 198 valence electrons. The van der Waals surface area contributed by atoms with E-state index in [1.165, 1.54) is 36.3 Å². The number of likely N-dealkylation sites (tertiary alicyclic amines) is 1. The lowest BCUT2D eigenvalue weighted by molar-refractivity contribution is -0.139. The van der Waals surface area contributed by atoms with Crippen LogP contribution in [-0.2, 0) is 4.79 Å². The van der Waals surface area contributed by atoms with Gasteiger partial charge in [0.25, 0.3) is 0 Å². The van der Waals surface area contributed by atoms with E-state index in [2.05, 4.69) is 14.9 Å². The molecule has 1 aromatic carbocycles. The first-order chi connectivity index (χ1) is 17.8. The lowest BCUT2D eigenvalue weighted by atomic mass is 9.79. The van der Waals surface area contributed by atoms with Gasteiger partial charge < -0.3 is 14.7 Å². The Labute approximate surface area is 224 Å². The van der Waals surface area contributed by atoms with Crippen LogP contribution in [0.15, 0.2) is 47.8 Å². The van der Waals surface area contributed by atoms with Crippen LogP contribution in [0.5, 0.6) is 5.75 Å². The number of benzene rings is 1. The lowest BCUT2D eigenvalue weighted by Gasteiger charge is -2.38. The lowest BCUT2D eigenvalue weighted by Crippen LogP contribution is -2.42. The minimum atomic E-state index is -1.30. The van der Waals surface area contributed by atoms with Crippen LogP contribution in [0.3, 0.4) is 0 Å². The molecule has 1 aliphatic heterocycles. The SMILES string of the molecule is COc1ccc2ncc(Cl)c([C@H](F)CCC3CCN(CCSc4cc(F)ccn4)CC3CC(=O)O)c2c1. The molecule has 4 rings (SSSR count). The molecule has 2 unspecified atom stereocenters. The number of pyridine rings is 2. The van der Waals surface area contributed by atoms with Crippen molar-refractivity contribution in [1.29, 1.82) is 0 Å². The van der Waals surface area contributed by atoms with E-state index in [9.17, 15) is 14.3 Å². The average molecular weight is 550 g/mol. The summed E-state index contributed by atoms with van der Waals surface area (Å²) in [5.74, 6) is 0.202. The summed E-state index contributed by atoms with van der Waals surface area (Å²) in [5.41, 5.74) is 1.05. The monoisotopic (exact) mass is 549 g/mol. The highest BCUT2D eigenvalue weighted by molar-refractivity contribution is 7.99. The van der Waals surface area contributed by atoms with Crippen molar-refractivity contribution in [2.45, 2.75) is 36.9 Å². The molecule has 0 spiro atoms. The number of hydrogen-bond donors (Lipinski definition) is 1. The van der Waals surface area contributed by atoms with Crippen molar-refractivity contribution in [3.63, 3.8) is 0 Å². The second-order valence-corrected chi connectivity index (χ2v) is 10.8. The number of carboxylic acid groups (broad SMARTS) is 1. The highest BCUT2D eigenvalue weighted by Gasteiger charge is 2.31. The maximum Gasteiger partial charge on any atom is 0.303 e. The number of rotatable bonds is 11. The number of piperidine rings is 1. The van der Waals surface area contributed by atoms with E-state index in [4.69, 9.17) is 16.3 Å². The third-order valence-corrected chi connectivity index (χ3v) is 8.15. The minimum Gasteiger partial charge on any atom is -0.497 e. The van der Waals surface area contributed by atoms with E-state index < -0.39 is 12.1 Å². The Hall–Kier alpha value is -2.49. The molecule has 0 radical (unpaired) electrons. The maximum absolute atomic E-state index is 15.6. The van der Waals surface area contributed by atoms with Crippen LogP contribution in [0, 0.1) is 17.7 Å². The number of fused-ring (bicyclic) bond motifs is 1. The summed E-state index contributed by atoms with van der Waals surface area (Å²) >= 11 is 7.85. The predicted molar refractivity (Wildman–Crippen MR) is 142 cm³/mol. The van der Waals surface area contributed by atoms with Crippen LogP contribution in [0.25, 0.3) is 10.9 Å². The molecule has 0 saturated carbocycles. The molecule has 3 atom stereocenters. The van der Waals surface area contributed by atoms with E-state index in [1.54, 1.807) is 25.3 Å². The minimum absolute atomic E-state index is 0.0485. The molecule has 1 N–H and O–H groups in total. The van der Waals surface area contributed by atoms with Gasteiger partial charge in [-0.15, -0.1) is 11.8 Å². The molecule has 1 aliphatic rings. The molecule has 0 aliphatic carbocycles. The fraction of sp³-hybridized carbons (Fsp3) is 0.444. The number of hydrogen-bond acceptors (Lipinski definition) is 6. The van der Waals surface area contributed by atoms with Gasteiger partial charge in [-0.3, -0.25) is 9.78 Å². The third kappa shape index (κ3) is 7.30. The molecule has 1 saturated heterocycles. The summed E-state index contributed by atoms with van der Waals surface area (Å²) < 4.78 is 34.3. The molecular formula is C27H30ClF2N3O3S. The van der Waals surface area contributed by atoms with Crippen molar-refractivity contribution in [3.8, 4) is 5.75 Å². The zero-order valence-electron chi connectivity index (χ0n) is 20.6. The molecule has 2 aromatic heterocycles. The van der Waals surface area contributed by atoms with Crippen molar-refractivity contribution >= 4 is 40.2 Å². The smallest absolute Gasteiger partial charge is 0.303 e. The van der Waals surface area contributed by atoms with Gasteiger partial charge in [-0.05, 0) is 61.9 Å². The van der Waals surface area contributed by atoms with Crippen LogP contribution in [0.1, 0.15) is 37.4 Å². The number of thioether (sulfide) groups is 1. The quantitative estimate of drug-likeness (QED) is 0.276. The Bertz CT molecular complexity index is 1230. The van der Waals surface area contributed by atoms with Gasteiger partial charge in [-0.2, -0.15) is 0 Å². The van der Waals surface area contributed by atoms with E-state index in [0.717, 1.165) is 25.3 Å². The number of aromatic nitrogens is 2. The van der Waals surface area contributed by atoms with Crippen LogP contribution >= 0.6 is 23.4 Å². The topological polar surface area (TPSA) is 75.5 Å². The number of aliphatic carboxylic acids is 1. The third-order valence-electron chi connectivity index (χ3n) is 6.94. The first-order valence-corrected chi connectivity index (χ1v) is 13.6. The summed E-state index contributed by atoms with van der Waals surface area (Å²) in [5, 5.41) is 11.0. The fourth-order valence-corrected chi connectivity index (χ4v) is 6.22. The number of alkyl halides is 1. The number of carbonyl (C=O) groups is 1. The van der Waals surface area contributed by atoms with Crippen molar-refractivity contribution in [3.05, 3.63) is 59.1 Å². The van der Waals surface area contributed by atoms with Crippen LogP contribution in [-0.4, -0.2) is 58.4 Å². The zero-order valence-corrected chi connectivity index (χ0v) is 22.2. The summed E-state index contributed by atoms with van der Waals surface area (Å²) in [6.07, 6.45) is 3.28. The number of methoxy groups -OCH3 is 1. The molecule has 10 heteroatoms. The fourth-order valence-electron chi connectivity index (χ4n) is 5.06. The molecule has 6 nitrogen and oxygen atoms in total. The Morgan fingerprint density at radius 1 is 1.30 bits per heavy atom. The average Bonchev–Trinajstić information content (AvgIpc) is 2.87. The van der Waals surface area contributed by atoms with E-state index in [1.807, 2.05) is 0 Å². The molecule has 37 heavy (non-hydrogen) atoms. The van der Waals surface area contributed by atoms with E-state index >= 15 is 4.39 Å². The molecule has 3 heterocycles. The molecular weight excluding hydrogens is 520 g/mol. The number of nitrogens with zero attached hydrogens (tertiary/aromatic N) is 3. The Kier molecular flexibility index (Phi) is 9.56. The van der Waals surface area contributed by atoms with Gasteiger partial charge in [0, 0.05) is 54.7 Å². The van der Waals surface area contributed by atoms with Gasteiger partial charge in [0.2, 0.25) is 0 Å². The van der Waals surface area contributed by atoms with Gasteiger partial charge in [-0.1, -0.05) is 11.6 Å². The van der Waals surface area contributed by atoms with Crippen molar-refractivity contribution in [2.75, 3.05) is 32.5 Å². The van der Waals surface area contributed by atoms with Gasteiger partial charge in [-0.25, -0.2) is 13.8 Å². The Morgan fingerprint density at radius 2 is 2.14 bits per heavy atom. The van der Waals surface area contributed by atoms with E-state index in [-0.39, 0.29) is 35.5 Å². The molecule has 1 fully saturated rings. The standard InChI is InChI=1S/C27H30ClF2N3O3S/c1-36-20-3-5-24-21(14-20)27(22(28)15-32-24)23(30)4-2-17-7-9-33(16-18(17)12-26(34)35)10-11-37-25-13-19(29)6-8-31-25/h3,5-6,8,13-15,17-18,23H,2,4,7,9-12,16H2,1H3,(H,34,35)/t17?,18?,23-/m1/s1. The first kappa shape index (κ1) is 27.5. The number of ether oxygens (including phenoxy) is 1. The van der Waals surface area contributed by atoms with Crippen LogP contribution in [0.4, 0.5) is 8.78 Å². The molecule has 0 amide bonds. The van der Waals surface area contributed by atoms with Gasteiger partial charge in [0.05, 0.1) is 22.7 Å². The largest absolute Gasteiger partial charge is 0.497 e. The van der Waals surface area contributed by atoms with Gasteiger partial charge in [0.1, 0.15) is 17.7 Å². The van der Waals surface area contributed by atoms with Crippen LogP contribution < -0.4 is 4.74 Å². The highest BCUT2D eigenvalue weighted by Crippen LogP contribution is 2.39. The first-order valence-electron chi connectivity index (χ1n) is 12.3. The Morgan fingerprint density at radius 3 is 2.89 bits per heavy atom. The van der Waals surface area contributed by atoms with Crippen molar-refractivity contribution in [2.24, 2.45) is 11.8 Å². The predicted octanol–water partition coefficient (Wildman–Crippen LogP) is 6.43. The number of halogens is 3.